The van der Waals surface area contributed by atoms with Crippen LogP contribution in [0.4, 0.5) is 0 Å². The zero-order valence-corrected chi connectivity index (χ0v) is 10.6. The monoisotopic (exact) mass is 255 g/mol. The molecule has 1 atom stereocenters. The third-order valence-electron chi connectivity index (χ3n) is 2.33. The van der Waals surface area contributed by atoms with Gasteiger partial charge in [-0.2, -0.15) is 8.42 Å². The van der Waals surface area contributed by atoms with Gasteiger partial charge in [-0.3, -0.25) is 4.55 Å². The number of hydrogen-bond donors (Lipinski definition) is 2. The molecule has 1 unspecified atom stereocenters. The van der Waals surface area contributed by atoms with Crippen molar-refractivity contribution < 1.29 is 13.0 Å². The van der Waals surface area contributed by atoms with Crippen molar-refractivity contribution in [2.24, 2.45) is 0 Å². The van der Waals surface area contributed by atoms with Crippen LogP contribution in [0.1, 0.15) is 18.4 Å². The van der Waals surface area contributed by atoms with Crippen LogP contribution in [0.3, 0.4) is 0 Å². The van der Waals surface area contributed by atoms with Crippen LogP contribution in [-0.4, -0.2) is 25.3 Å². The van der Waals surface area contributed by atoms with Crippen molar-refractivity contribution >= 4 is 10.1 Å². The predicted molar refractivity (Wildman–Crippen MR) is 68.4 cm³/mol. The van der Waals surface area contributed by atoms with E-state index in [0.717, 1.165) is 11.3 Å². The standard InChI is InChI=1S/C12H17NO3S/c1-10(2)13-8-12(9-17(14,15)16)11-6-4-3-5-7-11/h3-7,12-13H,1,8-9H2,2H3,(H,14,15,16). The molecule has 1 aromatic rings. The molecule has 0 radical (unpaired) electrons. The molecule has 0 aliphatic carbocycles. The Morgan fingerprint density at radius 3 is 2.47 bits per heavy atom. The Bertz CT molecular complexity index is 468. The molecule has 5 heteroatoms. The lowest BCUT2D eigenvalue weighted by Crippen LogP contribution is -2.25. The highest BCUT2D eigenvalue weighted by Gasteiger charge is 2.18. The molecule has 0 heterocycles. The van der Waals surface area contributed by atoms with Gasteiger partial charge in [0.1, 0.15) is 0 Å². The first-order valence-corrected chi connectivity index (χ1v) is 6.89. The number of rotatable bonds is 6. The summed E-state index contributed by atoms with van der Waals surface area (Å²) in [4.78, 5) is 0. The number of nitrogens with one attached hydrogen (secondary N) is 1. The molecule has 0 aliphatic heterocycles. The van der Waals surface area contributed by atoms with Gasteiger partial charge in [0, 0.05) is 18.2 Å². The summed E-state index contributed by atoms with van der Waals surface area (Å²) in [5.74, 6) is -0.583. The first kappa shape index (κ1) is 13.7. The van der Waals surface area contributed by atoms with Crippen LogP contribution in [0.15, 0.2) is 42.6 Å². The molecule has 0 saturated carbocycles. The first-order chi connectivity index (χ1) is 7.88. The van der Waals surface area contributed by atoms with Crippen LogP contribution in [0.2, 0.25) is 0 Å². The smallest absolute Gasteiger partial charge is 0.265 e. The van der Waals surface area contributed by atoms with Gasteiger partial charge in [0.05, 0.1) is 5.75 Å². The zero-order chi connectivity index (χ0) is 12.9. The minimum Gasteiger partial charge on any atom is -0.388 e. The molecule has 1 rings (SSSR count). The quantitative estimate of drug-likeness (QED) is 0.760. The van der Waals surface area contributed by atoms with E-state index in [0.29, 0.717) is 6.54 Å². The summed E-state index contributed by atoms with van der Waals surface area (Å²) in [6.07, 6.45) is 0. The minimum absolute atomic E-state index is 0.289. The Kier molecular flexibility index (Phi) is 4.72. The lowest BCUT2D eigenvalue weighted by molar-refractivity contribution is 0.475. The molecule has 0 aliphatic rings. The fraction of sp³-hybridized carbons (Fsp3) is 0.333. The lowest BCUT2D eigenvalue weighted by atomic mass is 10.0. The predicted octanol–water partition coefficient (Wildman–Crippen LogP) is 1.78. The Morgan fingerprint density at radius 1 is 1.41 bits per heavy atom. The van der Waals surface area contributed by atoms with E-state index in [9.17, 15) is 8.42 Å². The Labute approximate surface area is 102 Å². The highest BCUT2D eigenvalue weighted by atomic mass is 32.2. The molecule has 0 amide bonds. The summed E-state index contributed by atoms with van der Waals surface area (Å²) >= 11 is 0. The van der Waals surface area contributed by atoms with Crippen LogP contribution in [-0.2, 0) is 10.1 Å². The largest absolute Gasteiger partial charge is 0.388 e. The van der Waals surface area contributed by atoms with E-state index in [-0.39, 0.29) is 11.7 Å². The van der Waals surface area contributed by atoms with E-state index in [2.05, 4.69) is 11.9 Å². The third-order valence-corrected chi connectivity index (χ3v) is 3.16. The van der Waals surface area contributed by atoms with Crippen molar-refractivity contribution in [3.63, 3.8) is 0 Å². The molecule has 0 bridgehead atoms. The summed E-state index contributed by atoms with van der Waals surface area (Å²) in [6.45, 7) is 5.92. The van der Waals surface area contributed by atoms with Crippen molar-refractivity contribution in [1.82, 2.24) is 5.32 Å². The van der Waals surface area contributed by atoms with Gasteiger partial charge in [0.25, 0.3) is 10.1 Å². The normalized spacial score (nSPS) is 13.1. The van der Waals surface area contributed by atoms with E-state index >= 15 is 0 Å². The second-order valence-electron chi connectivity index (χ2n) is 4.02. The van der Waals surface area contributed by atoms with Crippen LogP contribution >= 0.6 is 0 Å². The number of benzene rings is 1. The van der Waals surface area contributed by atoms with Crippen molar-refractivity contribution in [1.29, 1.82) is 0 Å². The van der Waals surface area contributed by atoms with E-state index in [1.165, 1.54) is 0 Å². The van der Waals surface area contributed by atoms with Gasteiger partial charge in [-0.1, -0.05) is 36.9 Å². The van der Waals surface area contributed by atoms with Crippen molar-refractivity contribution in [3.05, 3.63) is 48.2 Å². The second-order valence-corrected chi connectivity index (χ2v) is 5.51. The highest BCUT2D eigenvalue weighted by Crippen LogP contribution is 2.16. The topological polar surface area (TPSA) is 66.4 Å². The van der Waals surface area contributed by atoms with Gasteiger partial charge >= 0.3 is 0 Å². The average molecular weight is 255 g/mol. The molecule has 4 nitrogen and oxygen atoms in total. The van der Waals surface area contributed by atoms with E-state index in [1.807, 2.05) is 30.3 Å². The maximum atomic E-state index is 11.0. The van der Waals surface area contributed by atoms with Crippen molar-refractivity contribution in [3.8, 4) is 0 Å². The second kappa shape index (κ2) is 5.84. The average Bonchev–Trinajstić information content (AvgIpc) is 2.24. The fourth-order valence-corrected chi connectivity index (χ4v) is 2.37. The van der Waals surface area contributed by atoms with Gasteiger partial charge in [0.15, 0.2) is 0 Å². The third kappa shape index (κ3) is 5.51. The molecule has 0 aromatic heterocycles. The van der Waals surface area contributed by atoms with Gasteiger partial charge < -0.3 is 5.32 Å². The molecule has 0 spiro atoms. The Morgan fingerprint density at radius 2 is 2.00 bits per heavy atom. The highest BCUT2D eigenvalue weighted by molar-refractivity contribution is 7.85. The maximum absolute atomic E-state index is 11.0. The summed E-state index contributed by atoms with van der Waals surface area (Å²) < 4.78 is 30.9. The van der Waals surface area contributed by atoms with Crippen molar-refractivity contribution in [2.75, 3.05) is 12.3 Å². The van der Waals surface area contributed by atoms with E-state index in [1.54, 1.807) is 6.92 Å². The molecular weight excluding hydrogens is 238 g/mol. The minimum atomic E-state index is -3.99. The maximum Gasteiger partial charge on any atom is 0.265 e. The summed E-state index contributed by atoms with van der Waals surface area (Å²) in [5, 5.41) is 3.00. The van der Waals surface area contributed by atoms with Gasteiger partial charge in [-0.05, 0) is 12.5 Å². The van der Waals surface area contributed by atoms with E-state index in [4.69, 9.17) is 4.55 Å². The Hall–Kier alpha value is -1.33. The Balaban J connectivity index is 2.83. The van der Waals surface area contributed by atoms with Crippen LogP contribution in [0, 0.1) is 0 Å². The molecule has 17 heavy (non-hydrogen) atoms. The molecule has 0 saturated heterocycles. The van der Waals surface area contributed by atoms with Crippen LogP contribution < -0.4 is 5.32 Å². The number of hydrogen-bond acceptors (Lipinski definition) is 3. The molecule has 1 aromatic carbocycles. The molecule has 2 N–H and O–H groups in total. The summed E-state index contributed by atoms with van der Waals surface area (Å²) in [5.41, 5.74) is 1.64. The van der Waals surface area contributed by atoms with Gasteiger partial charge in [0.2, 0.25) is 0 Å². The summed E-state index contributed by atoms with van der Waals surface area (Å²) in [6, 6.07) is 9.23. The number of allylic oxidation sites excluding steroid dienone is 1. The summed E-state index contributed by atoms with van der Waals surface area (Å²) in [7, 11) is -3.99. The zero-order valence-electron chi connectivity index (χ0n) is 9.76. The van der Waals surface area contributed by atoms with Crippen LogP contribution in [0.25, 0.3) is 0 Å². The molecular formula is C12H17NO3S. The van der Waals surface area contributed by atoms with E-state index < -0.39 is 10.1 Å². The lowest BCUT2D eigenvalue weighted by Gasteiger charge is -2.17. The first-order valence-electron chi connectivity index (χ1n) is 5.28. The van der Waals surface area contributed by atoms with Crippen LogP contribution in [0.5, 0.6) is 0 Å². The molecule has 0 fully saturated rings. The molecule has 94 valence electrons. The fourth-order valence-electron chi connectivity index (χ4n) is 1.55. The van der Waals surface area contributed by atoms with Crippen molar-refractivity contribution in [2.45, 2.75) is 12.8 Å². The SMILES string of the molecule is C=C(C)NCC(CS(=O)(=O)O)c1ccccc1. The van der Waals surface area contributed by atoms with Gasteiger partial charge in [-0.15, -0.1) is 0 Å². The van der Waals surface area contributed by atoms with Gasteiger partial charge in [-0.25, -0.2) is 0 Å².